The largest absolute Gasteiger partial charge is 0.383 e. The summed E-state index contributed by atoms with van der Waals surface area (Å²) in [7, 11) is 1.64. The standard InChI is InChI=1S/C12H17N3O/c1-9(2)11-5-4-10(8-13)12(15-11)14-6-7-16-3/h4-5,9H,6-7H2,1-3H3,(H,14,15). The number of anilines is 1. The molecule has 86 valence electrons. The zero-order chi connectivity index (χ0) is 12.0. The lowest BCUT2D eigenvalue weighted by atomic mass is 10.1. The van der Waals surface area contributed by atoms with Crippen molar-refractivity contribution in [2.75, 3.05) is 25.6 Å². The fraction of sp³-hybridized carbons (Fsp3) is 0.500. The average molecular weight is 219 g/mol. The summed E-state index contributed by atoms with van der Waals surface area (Å²) in [5.74, 6) is 1.00. The molecule has 0 saturated carbocycles. The van der Waals surface area contributed by atoms with Crippen LogP contribution in [0.4, 0.5) is 5.82 Å². The molecule has 0 unspecified atom stereocenters. The van der Waals surface area contributed by atoms with E-state index >= 15 is 0 Å². The lowest BCUT2D eigenvalue weighted by Gasteiger charge is -2.10. The maximum absolute atomic E-state index is 8.94. The minimum Gasteiger partial charge on any atom is -0.383 e. The van der Waals surface area contributed by atoms with Gasteiger partial charge in [-0.15, -0.1) is 0 Å². The van der Waals surface area contributed by atoms with Crippen LogP contribution >= 0.6 is 0 Å². The molecule has 0 spiro atoms. The van der Waals surface area contributed by atoms with Crippen LogP contribution in [0.1, 0.15) is 31.0 Å². The van der Waals surface area contributed by atoms with E-state index < -0.39 is 0 Å². The number of aromatic nitrogens is 1. The van der Waals surface area contributed by atoms with Gasteiger partial charge in [-0.2, -0.15) is 5.26 Å². The van der Waals surface area contributed by atoms with Crippen molar-refractivity contribution >= 4 is 5.82 Å². The van der Waals surface area contributed by atoms with Gasteiger partial charge in [-0.05, 0) is 18.1 Å². The molecule has 16 heavy (non-hydrogen) atoms. The van der Waals surface area contributed by atoms with Crippen molar-refractivity contribution in [1.82, 2.24) is 4.98 Å². The maximum Gasteiger partial charge on any atom is 0.144 e. The molecule has 0 aliphatic carbocycles. The third-order valence-corrected chi connectivity index (χ3v) is 2.23. The van der Waals surface area contributed by atoms with Crippen LogP contribution in [0.3, 0.4) is 0 Å². The van der Waals surface area contributed by atoms with E-state index in [9.17, 15) is 0 Å². The minimum atomic E-state index is 0.357. The Morgan fingerprint density at radius 1 is 1.50 bits per heavy atom. The first-order valence-corrected chi connectivity index (χ1v) is 5.33. The van der Waals surface area contributed by atoms with E-state index in [1.54, 1.807) is 13.2 Å². The second-order valence-corrected chi connectivity index (χ2v) is 3.82. The molecule has 0 amide bonds. The van der Waals surface area contributed by atoms with Gasteiger partial charge in [0.25, 0.3) is 0 Å². The first kappa shape index (κ1) is 12.5. The predicted octanol–water partition coefficient (Wildman–Crippen LogP) is 2.13. The van der Waals surface area contributed by atoms with Crippen molar-refractivity contribution in [2.24, 2.45) is 0 Å². The van der Waals surface area contributed by atoms with Crippen molar-refractivity contribution < 1.29 is 4.74 Å². The van der Waals surface area contributed by atoms with E-state index in [0.29, 0.717) is 30.5 Å². The lowest BCUT2D eigenvalue weighted by Crippen LogP contribution is -2.11. The fourth-order valence-electron chi connectivity index (χ4n) is 1.29. The average Bonchev–Trinajstić information content (AvgIpc) is 2.29. The quantitative estimate of drug-likeness (QED) is 0.771. The molecule has 0 atom stereocenters. The van der Waals surface area contributed by atoms with E-state index in [0.717, 1.165) is 5.69 Å². The summed E-state index contributed by atoms with van der Waals surface area (Å²) >= 11 is 0. The molecule has 0 aromatic carbocycles. The molecule has 0 saturated heterocycles. The molecular weight excluding hydrogens is 202 g/mol. The summed E-state index contributed by atoms with van der Waals surface area (Å²) in [6.07, 6.45) is 0. The van der Waals surface area contributed by atoms with Crippen molar-refractivity contribution in [1.29, 1.82) is 5.26 Å². The van der Waals surface area contributed by atoms with E-state index in [2.05, 4.69) is 30.2 Å². The Morgan fingerprint density at radius 3 is 2.81 bits per heavy atom. The van der Waals surface area contributed by atoms with Crippen LogP contribution in [0.15, 0.2) is 12.1 Å². The van der Waals surface area contributed by atoms with Gasteiger partial charge in [-0.3, -0.25) is 0 Å². The van der Waals surface area contributed by atoms with Crippen molar-refractivity contribution in [3.63, 3.8) is 0 Å². The van der Waals surface area contributed by atoms with Crippen molar-refractivity contribution in [3.8, 4) is 6.07 Å². The molecule has 0 fully saturated rings. The van der Waals surface area contributed by atoms with Crippen LogP contribution in [0.25, 0.3) is 0 Å². The highest BCUT2D eigenvalue weighted by Crippen LogP contribution is 2.17. The van der Waals surface area contributed by atoms with Gasteiger partial charge in [-0.1, -0.05) is 13.8 Å². The van der Waals surface area contributed by atoms with Crippen LogP contribution < -0.4 is 5.32 Å². The number of nitrogens with zero attached hydrogens (tertiary/aromatic N) is 2. The number of nitrogens with one attached hydrogen (secondary N) is 1. The minimum absolute atomic E-state index is 0.357. The Hall–Kier alpha value is -1.60. The Labute approximate surface area is 96.3 Å². The van der Waals surface area contributed by atoms with Gasteiger partial charge in [0.15, 0.2) is 0 Å². The molecule has 0 bridgehead atoms. The van der Waals surface area contributed by atoms with Gasteiger partial charge in [0.05, 0.1) is 12.2 Å². The lowest BCUT2D eigenvalue weighted by molar-refractivity contribution is 0.210. The third kappa shape index (κ3) is 3.21. The number of nitriles is 1. The molecule has 1 heterocycles. The normalized spacial score (nSPS) is 10.2. The maximum atomic E-state index is 8.94. The zero-order valence-corrected chi connectivity index (χ0v) is 9.95. The Balaban J connectivity index is 2.86. The molecule has 1 N–H and O–H groups in total. The van der Waals surface area contributed by atoms with Gasteiger partial charge in [0.2, 0.25) is 0 Å². The van der Waals surface area contributed by atoms with E-state index in [1.165, 1.54) is 0 Å². The molecule has 0 aliphatic heterocycles. The highest BCUT2D eigenvalue weighted by molar-refractivity contribution is 5.52. The predicted molar refractivity (Wildman–Crippen MR) is 63.4 cm³/mol. The summed E-state index contributed by atoms with van der Waals surface area (Å²) < 4.78 is 4.94. The van der Waals surface area contributed by atoms with Gasteiger partial charge >= 0.3 is 0 Å². The van der Waals surface area contributed by atoms with Crippen molar-refractivity contribution in [2.45, 2.75) is 19.8 Å². The van der Waals surface area contributed by atoms with Gasteiger partial charge in [0.1, 0.15) is 11.9 Å². The van der Waals surface area contributed by atoms with E-state index in [1.807, 2.05) is 6.07 Å². The zero-order valence-electron chi connectivity index (χ0n) is 9.95. The van der Waals surface area contributed by atoms with Crippen LogP contribution in [0, 0.1) is 11.3 Å². The molecule has 4 nitrogen and oxygen atoms in total. The highest BCUT2D eigenvalue weighted by Gasteiger charge is 2.07. The van der Waals surface area contributed by atoms with Gasteiger partial charge in [0, 0.05) is 19.3 Å². The van der Waals surface area contributed by atoms with Crippen LogP contribution in [-0.4, -0.2) is 25.2 Å². The number of rotatable bonds is 5. The van der Waals surface area contributed by atoms with Gasteiger partial charge in [-0.25, -0.2) is 4.98 Å². The summed E-state index contributed by atoms with van der Waals surface area (Å²) in [6.45, 7) is 5.40. The Morgan fingerprint density at radius 2 is 2.25 bits per heavy atom. The molecule has 0 aliphatic rings. The van der Waals surface area contributed by atoms with Gasteiger partial charge < -0.3 is 10.1 Å². The van der Waals surface area contributed by atoms with E-state index in [4.69, 9.17) is 10.00 Å². The summed E-state index contributed by atoms with van der Waals surface area (Å²) in [5.41, 5.74) is 1.56. The Bertz CT molecular complexity index is 382. The second kappa shape index (κ2) is 6.09. The first-order chi connectivity index (χ1) is 7.69. The summed E-state index contributed by atoms with van der Waals surface area (Å²) in [4.78, 5) is 4.43. The third-order valence-electron chi connectivity index (χ3n) is 2.23. The topological polar surface area (TPSA) is 57.9 Å². The highest BCUT2D eigenvalue weighted by atomic mass is 16.5. The monoisotopic (exact) mass is 219 g/mol. The summed E-state index contributed by atoms with van der Waals surface area (Å²) in [5, 5.41) is 12.0. The van der Waals surface area contributed by atoms with E-state index in [-0.39, 0.29) is 0 Å². The fourth-order valence-corrected chi connectivity index (χ4v) is 1.29. The van der Waals surface area contributed by atoms with Crippen LogP contribution in [0.5, 0.6) is 0 Å². The number of methoxy groups -OCH3 is 1. The smallest absolute Gasteiger partial charge is 0.144 e. The van der Waals surface area contributed by atoms with Crippen molar-refractivity contribution in [3.05, 3.63) is 23.4 Å². The SMILES string of the molecule is COCCNc1nc(C(C)C)ccc1C#N. The number of hydrogen-bond acceptors (Lipinski definition) is 4. The molecule has 1 aromatic rings. The second-order valence-electron chi connectivity index (χ2n) is 3.82. The molecule has 1 aromatic heterocycles. The van der Waals surface area contributed by atoms with Crippen LogP contribution in [0.2, 0.25) is 0 Å². The Kier molecular flexibility index (Phi) is 4.74. The molecular formula is C12H17N3O. The molecule has 0 radical (unpaired) electrons. The van der Waals surface area contributed by atoms with Crippen LogP contribution in [-0.2, 0) is 4.74 Å². The first-order valence-electron chi connectivity index (χ1n) is 5.33. The number of hydrogen-bond donors (Lipinski definition) is 1. The molecule has 4 heteroatoms. The summed E-state index contributed by atoms with van der Waals surface area (Å²) in [6, 6.07) is 5.82. The number of ether oxygens (including phenoxy) is 1. The number of pyridine rings is 1. The molecule has 1 rings (SSSR count).